The fraction of sp³-hybridized carbons (Fsp3) is 0.300. The molecule has 2 aromatic carbocycles. The molecular formula is C20H23BrN2O3. The first-order valence-electron chi connectivity index (χ1n) is 8.50. The van der Waals surface area contributed by atoms with Crippen LogP contribution in [-0.4, -0.2) is 24.9 Å². The van der Waals surface area contributed by atoms with Crippen molar-refractivity contribution in [2.75, 3.05) is 13.1 Å². The van der Waals surface area contributed by atoms with E-state index in [1.54, 1.807) is 18.2 Å². The second kappa shape index (κ2) is 9.97. The van der Waals surface area contributed by atoms with Crippen molar-refractivity contribution >= 4 is 27.7 Å². The van der Waals surface area contributed by atoms with Crippen LogP contribution >= 0.6 is 15.9 Å². The van der Waals surface area contributed by atoms with Crippen LogP contribution in [0.15, 0.2) is 53.0 Å². The van der Waals surface area contributed by atoms with Gasteiger partial charge in [0.2, 0.25) is 5.91 Å². The van der Waals surface area contributed by atoms with Gasteiger partial charge < -0.3 is 15.4 Å². The summed E-state index contributed by atoms with van der Waals surface area (Å²) in [5, 5.41) is 5.57. The summed E-state index contributed by atoms with van der Waals surface area (Å²) in [6.07, 6.45) is 0. The summed E-state index contributed by atoms with van der Waals surface area (Å²) in [5.41, 5.74) is 1.47. The summed E-state index contributed by atoms with van der Waals surface area (Å²) in [6, 6.07) is 14.9. The number of nitrogens with one attached hydrogen (secondary N) is 2. The van der Waals surface area contributed by atoms with Gasteiger partial charge in [-0.15, -0.1) is 0 Å². The molecule has 6 heteroatoms. The molecule has 0 aromatic heterocycles. The van der Waals surface area contributed by atoms with Gasteiger partial charge in [-0.3, -0.25) is 9.59 Å². The second-order valence-electron chi connectivity index (χ2n) is 6.08. The Morgan fingerprint density at radius 3 is 2.38 bits per heavy atom. The largest absolute Gasteiger partial charge is 0.488 e. The summed E-state index contributed by atoms with van der Waals surface area (Å²) in [7, 11) is 0. The molecule has 0 spiro atoms. The Kier molecular flexibility index (Phi) is 7.66. The quantitative estimate of drug-likeness (QED) is 0.644. The Labute approximate surface area is 162 Å². The highest BCUT2D eigenvalue weighted by Gasteiger charge is 2.12. The van der Waals surface area contributed by atoms with Crippen LogP contribution in [0.4, 0.5) is 0 Å². The Morgan fingerprint density at radius 2 is 1.65 bits per heavy atom. The molecule has 0 aliphatic heterocycles. The van der Waals surface area contributed by atoms with Crippen LogP contribution in [0.25, 0.3) is 0 Å². The maximum Gasteiger partial charge on any atom is 0.255 e. The fourth-order valence-corrected chi connectivity index (χ4v) is 2.61. The van der Waals surface area contributed by atoms with Gasteiger partial charge in [0, 0.05) is 29.0 Å². The third-order valence-corrected chi connectivity index (χ3v) is 4.48. The van der Waals surface area contributed by atoms with Gasteiger partial charge in [-0.2, -0.15) is 0 Å². The predicted octanol–water partition coefficient (Wildman–Crippen LogP) is 3.53. The van der Waals surface area contributed by atoms with Crippen molar-refractivity contribution < 1.29 is 14.3 Å². The number of halogens is 1. The number of benzene rings is 2. The lowest BCUT2D eigenvalue weighted by Gasteiger charge is -2.13. The normalized spacial score (nSPS) is 10.5. The first kappa shape index (κ1) is 20.0. The zero-order valence-electron chi connectivity index (χ0n) is 14.9. The molecule has 2 aromatic rings. The summed E-state index contributed by atoms with van der Waals surface area (Å²) >= 11 is 3.49. The van der Waals surface area contributed by atoms with Crippen LogP contribution in [0.2, 0.25) is 0 Å². The average Bonchev–Trinajstić information content (AvgIpc) is 2.64. The van der Waals surface area contributed by atoms with E-state index in [4.69, 9.17) is 4.74 Å². The lowest BCUT2D eigenvalue weighted by molar-refractivity contribution is -0.123. The van der Waals surface area contributed by atoms with Gasteiger partial charge in [-0.05, 0) is 18.2 Å². The highest BCUT2D eigenvalue weighted by atomic mass is 79.9. The molecule has 0 radical (unpaired) electrons. The molecule has 0 atom stereocenters. The molecule has 0 saturated carbocycles. The number of hydrogen-bond donors (Lipinski definition) is 2. The predicted molar refractivity (Wildman–Crippen MR) is 105 cm³/mol. The molecule has 0 heterocycles. The Bertz CT molecular complexity index is 762. The molecular weight excluding hydrogens is 396 g/mol. The smallest absolute Gasteiger partial charge is 0.255 e. The van der Waals surface area contributed by atoms with Gasteiger partial charge >= 0.3 is 0 Å². The average molecular weight is 419 g/mol. The first-order chi connectivity index (χ1) is 12.5. The van der Waals surface area contributed by atoms with Crippen LogP contribution in [0.5, 0.6) is 5.75 Å². The number of ether oxygens (including phenoxy) is 1. The Morgan fingerprint density at radius 1 is 1.00 bits per heavy atom. The minimum atomic E-state index is -0.230. The van der Waals surface area contributed by atoms with Gasteiger partial charge in [0.05, 0.1) is 5.56 Å². The van der Waals surface area contributed by atoms with Crippen LogP contribution in [-0.2, 0) is 11.4 Å². The molecule has 2 rings (SSSR count). The van der Waals surface area contributed by atoms with E-state index >= 15 is 0 Å². The van der Waals surface area contributed by atoms with Crippen LogP contribution in [0.3, 0.4) is 0 Å². The van der Waals surface area contributed by atoms with E-state index in [1.165, 1.54) is 0 Å². The number of rotatable bonds is 8. The molecule has 0 unspecified atom stereocenters. The van der Waals surface area contributed by atoms with Gasteiger partial charge in [0.1, 0.15) is 12.4 Å². The van der Waals surface area contributed by atoms with Crippen molar-refractivity contribution in [2.45, 2.75) is 20.5 Å². The summed E-state index contributed by atoms with van der Waals surface area (Å²) in [5.74, 6) is 0.187. The number of carbonyl (C=O) groups excluding carboxylic acids is 2. The molecule has 138 valence electrons. The molecule has 0 fully saturated rings. The van der Waals surface area contributed by atoms with E-state index < -0.39 is 0 Å². The van der Waals surface area contributed by atoms with Crippen molar-refractivity contribution in [2.24, 2.45) is 5.92 Å². The topological polar surface area (TPSA) is 67.4 Å². The van der Waals surface area contributed by atoms with E-state index in [0.29, 0.717) is 31.0 Å². The number of carbonyl (C=O) groups is 2. The van der Waals surface area contributed by atoms with E-state index in [9.17, 15) is 9.59 Å². The molecule has 2 amide bonds. The summed E-state index contributed by atoms with van der Waals surface area (Å²) in [4.78, 5) is 23.9. The minimum Gasteiger partial charge on any atom is -0.488 e. The zero-order valence-corrected chi connectivity index (χ0v) is 16.5. The third-order valence-electron chi connectivity index (χ3n) is 3.71. The number of para-hydroxylation sites is 1. The summed E-state index contributed by atoms with van der Waals surface area (Å²) in [6.45, 7) is 4.76. The minimum absolute atomic E-state index is 0.0311. The Hall–Kier alpha value is -2.34. The molecule has 26 heavy (non-hydrogen) atoms. The van der Waals surface area contributed by atoms with Crippen molar-refractivity contribution in [3.8, 4) is 5.75 Å². The van der Waals surface area contributed by atoms with Gasteiger partial charge in [-0.1, -0.05) is 60.1 Å². The molecule has 0 aliphatic rings. The van der Waals surface area contributed by atoms with Crippen LogP contribution in [0, 0.1) is 5.92 Å². The van der Waals surface area contributed by atoms with E-state index in [1.807, 2.05) is 44.2 Å². The standard InChI is InChI=1S/C20H23BrN2O3/c1-14(2)19(24)22-11-12-23-20(25)16-8-4-6-10-18(16)26-13-15-7-3-5-9-17(15)21/h3-10,14H,11-13H2,1-2H3,(H,22,24)(H,23,25). The number of hydrogen-bond acceptors (Lipinski definition) is 3. The van der Waals surface area contributed by atoms with Crippen molar-refractivity contribution in [1.82, 2.24) is 10.6 Å². The molecule has 5 nitrogen and oxygen atoms in total. The van der Waals surface area contributed by atoms with Crippen molar-refractivity contribution in [1.29, 1.82) is 0 Å². The monoisotopic (exact) mass is 418 g/mol. The second-order valence-corrected chi connectivity index (χ2v) is 6.93. The maximum absolute atomic E-state index is 12.4. The molecule has 2 N–H and O–H groups in total. The molecule has 0 saturated heterocycles. The van der Waals surface area contributed by atoms with E-state index in [0.717, 1.165) is 10.0 Å². The number of amides is 2. The lowest BCUT2D eigenvalue weighted by atomic mass is 10.2. The van der Waals surface area contributed by atoms with E-state index in [-0.39, 0.29) is 17.7 Å². The Balaban J connectivity index is 1.92. The zero-order chi connectivity index (χ0) is 18.9. The molecule has 0 aliphatic carbocycles. The van der Waals surface area contributed by atoms with Crippen LogP contribution < -0.4 is 15.4 Å². The van der Waals surface area contributed by atoms with Crippen molar-refractivity contribution in [3.05, 3.63) is 64.1 Å². The van der Waals surface area contributed by atoms with Gasteiger partial charge in [0.25, 0.3) is 5.91 Å². The SMILES string of the molecule is CC(C)C(=O)NCCNC(=O)c1ccccc1OCc1ccccc1Br. The lowest BCUT2D eigenvalue weighted by Crippen LogP contribution is -2.36. The first-order valence-corrected chi connectivity index (χ1v) is 9.29. The third kappa shape index (κ3) is 5.88. The maximum atomic E-state index is 12.4. The summed E-state index contributed by atoms with van der Waals surface area (Å²) < 4.78 is 6.80. The van der Waals surface area contributed by atoms with Gasteiger partial charge in [-0.25, -0.2) is 0 Å². The highest BCUT2D eigenvalue weighted by Crippen LogP contribution is 2.22. The van der Waals surface area contributed by atoms with Crippen LogP contribution in [0.1, 0.15) is 29.8 Å². The van der Waals surface area contributed by atoms with Crippen molar-refractivity contribution in [3.63, 3.8) is 0 Å². The van der Waals surface area contributed by atoms with Gasteiger partial charge in [0.15, 0.2) is 0 Å². The highest BCUT2D eigenvalue weighted by molar-refractivity contribution is 9.10. The fourth-order valence-electron chi connectivity index (χ4n) is 2.21. The molecule has 0 bridgehead atoms. The van der Waals surface area contributed by atoms with E-state index in [2.05, 4.69) is 26.6 Å².